The molecule has 14 heavy (non-hydrogen) atoms. The number of fused-ring (bicyclic) bond motifs is 1. The largest absolute Gasteiger partial charge is 0.264 e. The van der Waals surface area contributed by atoms with Gasteiger partial charge in [-0.05, 0) is 41.8 Å². The van der Waals surface area contributed by atoms with E-state index in [9.17, 15) is 8.78 Å². The number of hydrogen-bond acceptors (Lipinski definition) is 1. The van der Waals surface area contributed by atoms with E-state index in [0.717, 1.165) is 21.2 Å². The van der Waals surface area contributed by atoms with Crippen LogP contribution in [0.3, 0.4) is 0 Å². The highest BCUT2D eigenvalue weighted by molar-refractivity contribution is 7.17. The molecule has 0 bridgehead atoms. The molecule has 3 heteroatoms. The number of hydrogen-bond donors (Lipinski definition) is 0. The maximum absolute atomic E-state index is 12.6. The average Bonchev–Trinajstić information content (AvgIpc) is 2.48. The minimum atomic E-state index is -2.38. The molecule has 0 radical (unpaired) electrons. The van der Waals surface area contributed by atoms with Crippen LogP contribution in [0, 0.1) is 13.8 Å². The van der Waals surface area contributed by atoms with Crippen LogP contribution in [0.2, 0.25) is 0 Å². The number of benzene rings is 1. The molecule has 0 fully saturated rings. The fourth-order valence-electron chi connectivity index (χ4n) is 1.74. The topological polar surface area (TPSA) is 0 Å². The van der Waals surface area contributed by atoms with E-state index in [1.165, 1.54) is 6.07 Å². The molecule has 0 N–H and O–H groups in total. The smallest absolute Gasteiger partial charge is 0.205 e. The first-order valence-corrected chi connectivity index (χ1v) is 5.24. The summed E-state index contributed by atoms with van der Waals surface area (Å²) in [7, 11) is 0. The Balaban J connectivity index is 2.79. The van der Waals surface area contributed by atoms with E-state index >= 15 is 0 Å². The maximum atomic E-state index is 12.6. The molecule has 0 aliphatic carbocycles. The third kappa shape index (κ3) is 1.32. The van der Waals surface area contributed by atoms with Crippen LogP contribution in [-0.4, -0.2) is 0 Å². The van der Waals surface area contributed by atoms with E-state index in [0.29, 0.717) is 0 Å². The van der Waals surface area contributed by atoms with Gasteiger partial charge in [-0.3, -0.25) is 0 Å². The van der Waals surface area contributed by atoms with Crippen LogP contribution >= 0.6 is 11.3 Å². The van der Waals surface area contributed by atoms with Crippen molar-refractivity contribution in [3.63, 3.8) is 0 Å². The predicted molar refractivity (Wildman–Crippen MR) is 56.3 cm³/mol. The minimum absolute atomic E-state index is 0.152. The fraction of sp³-hybridized carbons (Fsp3) is 0.273. The summed E-state index contributed by atoms with van der Waals surface area (Å²) >= 11 is 1.60. The van der Waals surface area contributed by atoms with Crippen molar-refractivity contribution in [3.05, 3.63) is 34.2 Å². The molecule has 2 rings (SSSR count). The first-order chi connectivity index (χ1) is 6.61. The van der Waals surface area contributed by atoms with Gasteiger partial charge in [-0.15, -0.1) is 11.3 Å². The SMILES string of the molecule is Cc1csc2ccc(C(F)F)c(C)c12. The summed E-state index contributed by atoms with van der Waals surface area (Å²) in [5.74, 6) is 0. The van der Waals surface area contributed by atoms with Gasteiger partial charge in [0, 0.05) is 10.3 Å². The molecule has 1 aromatic carbocycles. The third-order valence-electron chi connectivity index (χ3n) is 2.46. The van der Waals surface area contributed by atoms with Gasteiger partial charge in [-0.25, -0.2) is 8.78 Å². The average molecular weight is 212 g/mol. The lowest BCUT2D eigenvalue weighted by Crippen LogP contribution is -1.89. The highest BCUT2D eigenvalue weighted by Crippen LogP contribution is 2.33. The van der Waals surface area contributed by atoms with Gasteiger partial charge in [0.05, 0.1) is 0 Å². The van der Waals surface area contributed by atoms with Crippen LogP contribution < -0.4 is 0 Å². The fourth-order valence-corrected chi connectivity index (χ4v) is 2.74. The number of alkyl halides is 2. The highest BCUT2D eigenvalue weighted by Gasteiger charge is 2.14. The quantitative estimate of drug-likeness (QED) is 0.654. The molecule has 0 atom stereocenters. The molecule has 0 nitrogen and oxygen atoms in total. The Bertz CT molecular complexity index is 471. The van der Waals surface area contributed by atoms with E-state index in [1.807, 2.05) is 12.3 Å². The van der Waals surface area contributed by atoms with Gasteiger partial charge in [0.25, 0.3) is 6.43 Å². The van der Waals surface area contributed by atoms with Crippen molar-refractivity contribution < 1.29 is 8.78 Å². The number of thiophene rings is 1. The monoisotopic (exact) mass is 212 g/mol. The zero-order valence-corrected chi connectivity index (χ0v) is 8.79. The molecule has 1 heterocycles. The maximum Gasteiger partial charge on any atom is 0.264 e. The normalized spacial score (nSPS) is 11.5. The molecule has 1 aromatic heterocycles. The summed E-state index contributed by atoms with van der Waals surface area (Å²) in [5, 5.41) is 3.00. The van der Waals surface area contributed by atoms with Crippen LogP contribution in [0.25, 0.3) is 10.1 Å². The van der Waals surface area contributed by atoms with Gasteiger partial charge in [0.2, 0.25) is 0 Å². The summed E-state index contributed by atoms with van der Waals surface area (Å²) in [6.45, 7) is 3.73. The van der Waals surface area contributed by atoms with Gasteiger partial charge in [-0.2, -0.15) is 0 Å². The van der Waals surface area contributed by atoms with E-state index < -0.39 is 6.43 Å². The lowest BCUT2D eigenvalue weighted by molar-refractivity contribution is 0.151. The molecule has 0 spiro atoms. The van der Waals surface area contributed by atoms with Gasteiger partial charge in [0.15, 0.2) is 0 Å². The zero-order valence-electron chi connectivity index (χ0n) is 7.97. The van der Waals surface area contributed by atoms with Crippen molar-refractivity contribution in [3.8, 4) is 0 Å². The molecular weight excluding hydrogens is 202 g/mol. The first kappa shape index (κ1) is 9.59. The molecule has 2 aromatic rings. The van der Waals surface area contributed by atoms with Gasteiger partial charge < -0.3 is 0 Å². The third-order valence-corrected chi connectivity index (χ3v) is 3.53. The molecule has 0 aliphatic heterocycles. The second-order valence-electron chi connectivity index (χ2n) is 3.37. The van der Waals surface area contributed by atoms with E-state index in [1.54, 1.807) is 24.3 Å². The van der Waals surface area contributed by atoms with Gasteiger partial charge in [0.1, 0.15) is 0 Å². The van der Waals surface area contributed by atoms with E-state index in [4.69, 9.17) is 0 Å². The minimum Gasteiger partial charge on any atom is -0.205 e. The summed E-state index contributed by atoms with van der Waals surface area (Å²) in [5.41, 5.74) is 1.96. The van der Waals surface area contributed by atoms with Crippen molar-refractivity contribution >= 4 is 21.4 Å². The van der Waals surface area contributed by atoms with E-state index in [-0.39, 0.29) is 5.56 Å². The molecule has 74 valence electrons. The Hall–Kier alpha value is -0.960. The molecular formula is C11H10F2S. The Labute approximate surface area is 85.2 Å². The summed E-state index contributed by atoms with van der Waals surface area (Å²) in [6.07, 6.45) is -2.38. The van der Waals surface area contributed by atoms with Crippen molar-refractivity contribution in [2.45, 2.75) is 20.3 Å². The van der Waals surface area contributed by atoms with Crippen LogP contribution in [0.15, 0.2) is 17.5 Å². The lowest BCUT2D eigenvalue weighted by atomic mass is 10.0. The Kier molecular flexibility index (Phi) is 2.27. The van der Waals surface area contributed by atoms with Crippen molar-refractivity contribution in [2.75, 3.05) is 0 Å². The van der Waals surface area contributed by atoms with Gasteiger partial charge in [-0.1, -0.05) is 6.07 Å². The molecule has 0 aliphatic rings. The summed E-state index contributed by atoms with van der Waals surface area (Å²) in [4.78, 5) is 0. The van der Waals surface area contributed by atoms with Crippen LogP contribution in [0.5, 0.6) is 0 Å². The highest BCUT2D eigenvalue weighted by atomic mass is 32.1. The number of aryl methyl sites for hydroxylation is 2. The first-order valence-electron chi connectivity index (χ1n) is 4.36. The number of rotatable bonds is 1. The zero-order chi connectivity index (χ0) is 10.3. The second kappa shape index (κ2) is 3.31. The predicted octanol–water partition coefficient (Wildman–Crippen LogP) is 4.46. The molecule has 0 unspecified atom stereocenters. The number of halogens is 2. The van der Waals surface area contributed by atoms with Crippen molar-refractivity contribution in [1.82, 2.24) is 0 Å². The van der Waals surface area contributed by atoms with Gasteiger partial charge >= 0.3 is 0 Å². The second-order valence-corrected chi connectivity index (χ2v) is 4.28. The van der Waals surface area contributed by atoms with Crippen molar-refractivity contribution in [2.24, 2.45) is 0 Å². The Morgan fingerprint density at radius 3 is 2.57 bits per heavy atom. The van der Waals surface area contributed by atoms with Crippen LogP contribution in [0.4, 0.5) is 8.78 Å². The summed E-state index contributed by atoms with van der Waals surface area (Å²) in [6, 6.07) is 3.31. The Morgan fingerprint density at radius 2 is 1.93 bits per heavy atom. The van der Waals surface area contributed by atoms with Crippen LogP contribution in [0.1, 0.15) is 23.1 Å². The Morgan fingerprint density at radius 1 is 1.21 bits per heavy atom. The molecule has 0 saturated heterocycles. The summed E-state index contributed by atoms with van der Waals surface area (Å²) < 4.78 is 26.3. The van der Waals surface area contributed by atoms with Crippen molar-refractivity contribution in [1.29, 1.82) is 0 Å². The molecule has 0 saturated carbocycles. The van der Waals surface area contributed by atoms with Crippen LogP contribution in [-0.2, 0) is 0 Å². The lowest BCUT2D eigenvalue weighted by Gasteiger charge is -2.06. The van der Waals surface area contributed by atoms with E-state index in [2.05, 4.69) is 0 Å². The standard InChI is InChI=1S/C11H10F2S/c1-6-5-14-9-4-3-8(11(12)13)7(2)10(6)9/h3-5,11H,1-2H3. The molecule has 0 amide bonds.